The SMILES string of the molecule is CCc1ccc(C(=O)N(C)CCCBr)cc1. The van der Waals surface area contributed by atoms with Gasteiger partial charge in [0.2, 0.25) is 0 Å². The number of benzene rings is 1. The highest BCUT2D eigenvalue weighted by Crippen LogP contribution is 2.08. The van der Waals surface area contributed by atoms with E-state index >= 15 is 0 Å². The van der Waals surface area contributed by atoms with Crippen LogP contribution in [-0.4, -0.2) is 29.7 Å². The monoisotopic (exact) mass is 283 g/mol. The molecule has 0 heterocycles. The zero-order valence-corrected chi connectivity index (χ0v) is 11.5. The summed E-state index contributed by atoms with van der Waals surface area (Å²) in [5, 5.41) is 0.930. The molecule has 0 aliphatic heterocycles. The van der Waals surface area contributed by atoms with Crippen molar-refractivity contribution in [1.82, 2.24) is 4.90 Å². The lowest BCUT2D eigenvalue weighted by molar-refractivity contribution is 0.0795. The minimum Gasteiger partial charge on any atom is -0.342 e. The van der Waals surface area contributed by atoms with Crippen molar-refractivity contribution in [2.45, 2.75) is 19.8 Å². The molecule has 0 radical (unpaired) electrons. The van der Waals surface area contributed by atoms with Crippen LogP contribution in [0.1, 0.15) is 29.3 Å². The predicted molar refractivity (Wildman–Crippen MR) is 71.2 cm³/mol. The molecule has 88 valence electrons. The van der Waals surface area contributed by atoms with E-state index in [1.807, 2.05) is 31.3 Å². The summed E-state index contributed by atoms with van der Waals surface area (Å²) in [7, 11) is 1.85. The first-order chi connectivity index (χ1) is 7.69. The van der Waals surface area contributed by atoms with Gasteiger partial charge in [0.1, 0.15) is 0 Å². The molecule has 0 bridgehead atoms. The molecule has 1 amide bonds. The number of hydrogen-bond donors (Lipinski definition) is 0. The Balaban J connectivity index is 2.64. The minimum atomic E-state index is 0.101. The Labute approximate surface area is 106 Å². The van der Waals surface area contributed by atoms with Crippen LogP contribution in [0.5, 0.6) is 0 Å². The standard InChI is InChI=1S/C13H18BrNO/c1-3-11-5-7-12(8-6-11)13(16)15(2)10-4-9-14/h5-8H,3-4,9-10H2,1-2H3. The summed E-state index contributed by atoms with van der Waals surface area (Å²) >= 11 is 3.36. The van der Waals surface area contributed by atoms with Crippen molar-refractivity contribution in [2.24, 2.45) is 0 Å². The summed E-state index contributed by atoms with van der Waals surface area (Å²) in [6.45, 7) is 2.90. The van der Waals surface area contributed by atoms with Crippen molar-refractivity contribution in [2.75, 3.05) is 18.9 Å². The lowest BCUT2D eigenvalue weighted by Crippen LogP contribution is -2.27. The van der Waals surface area contributed by atoms with Gasteiger partial charge in [-0.25, -0.2) is 0 Å². The Hall–Kier alpha value is -0.830. The number of nitrogens with zero attached hydrogens (tertiary/aromatic N) is 1. The maximum absolute atomic E-state index is 12.0. The second-order valence-corrected chi connectivity index (χ2v) is 4.61. The smallest absolute Gasteiger partial charge is 0.253 e. The van der Waals surface area contributed by atoms with Gasteiger partial charge in [0.15, 0.2) is 0 Å². The molecule has 0 fully saturated rings. The summed E-state index contributed by atoms with van der Waals surface area (Å²) < 4.78 is 0. The van der Waals surface area contributed by atoms with Crippen LogP contribution in [0.2, 0.25) is 0 Å². The molecule has 3 heteroatoms. The van der Waals surface area contributed by atoms with Crippen molar-refractivity contribution in [3.8, 4) is 0 Å². The van der Waals surface area contributed by atoms with E-state index in [-0.39, 0.29) is 5.91 Å². The van der Waals surface area contributed by atoms with E-state index in [0.717, 1.165) is 30.3 Å². The molecule has 0 spiro atoms. The molecule has 1 aromatic carbocycles. The summed E-state index contributed by atoms with van der Waals surface area (Å²) in [6.07, 6.45) is 1.99. The lowest BCUT2D eigenvalue weighted by Gasteiger charge is -2.16. The first-order valence-corrected chi connectivity index (χ1v) is 6.71. The molecular formula is C13H18BrNO. The fraction of sp³-hybridized carbons (Fsp3) is 0.462. The largest absolute Gasteiger partial charge is 0.342 e. The van der Waals surface area contributed by atoms with Crippen LogP contribution < -0.4 is 0 Å². The average Bonchev–Trinajstić information content (AvgIpc) is 2.35. The molecule has 16 heavy (non-hydrogen) atoms. The number of carbonyl (C=O) groups is 1. The van der Waals surface area contributed by atoms with Gasteiger partial charge in [-0.05, 0) is 30.5 Å². The highest BCUT2D eigenvalue weighted by molar-refractivity contribution is 9.09. The molecule has 0 aliphatic carbocycles. The third-order valence-corrected chi connectivity index (χ3v) is 3.14. The van der Waals surface area contributed by atoms with Crippen molar-refractivity contribution in [3.63, 3.8) is 0 Å². The van der Waals surface area contributed by atoms with E-state index in [1.54, 1.807) is 4.90 Å². The van der Waals surface area contributed by atoms with Crippen LogP contribution in [0.4, 0.5) is 0 Å². The fourth-order valence-corrected chi connectivity index (χ4v) is 1.75. The van der Waals surface area contributed by atoms with Gasteiger partial charge < -0.3 is 4.90 Å². The second-order valence-electron chi connectivity index (χ2n) is 3.82. The van der Waals surface area contributed by atoms with E-state index in [1.165, 1.54) is 5.56 Å². The number of halogens is 1. The minimum absolute atomic E-state index is 0.101. The second kappa shape index (κ2) is 6.69. The number of alkyl halides is 1. The van der Waals surface area contributed by atoms with Gasteiger partial charge in [-0.1, -0.05) is 35.0 Å². The number of hydrogen-bond acceptors (Lipinski definition) is 1. The third-order valence-electron chi connectivity index (χ3n) is 2.58. The zero-order chi connectivity index (χ0) is 12.0. The Kier molecular flexibility index (Phi) is 5.53. The summed E-state index contributed by atoms with van der Waals surface area (Å²) in [5.74, 6) is 0.101. The van der Waals surface area contributed by atoms with Crippen LogP contribution >= 0.6 is 15.9 Å². The molecule has 0 aliphatic rings. The molecule has 0 aromatic heterocycles. The Morgan fingerprint density at radius 1 is 1.31 bits per heavy atom. The van der Waals surface area contributed by atoms with Crippen LogP contribution in [0, 0.1) is 0 Å². The predicted octanol–water partition coefficient (Wildman–Crippen LogP) is 3.11. The number of carbonyl (C=O) groups excluding carboxylic acids is 1. The van der Waals surface area contributed by atoms with Gasteiger partial charge in [0.05, 0.1) is 0 Å². The van der Waals surface area contributed by atoms with E-state index in [0.29, 0.717) is 0 Å². The zero-order valence-electron chi connectivity index (χ0n) is 9.87. The van der Waals surface area contributed by atoms with E-state index < -0.39 is 0 Å². The molecular weight excluding hydrogens is 266 g/mol. The molecule has 0 unspecified atom stereocenters. The van der Waals surface area contributed by atoms with E-state index in [9.17, 15) is 4.79 Å². The van der Waals surface area contributed by atoms with Crippen LogP contribution in [-0.2, 0) is 6.42 Å². The number of aryl methyl sites for hydroxylation is 1. The summed E-state index contributed by atoms with van der Waals surface area (Å²) in [6, 6.07) is 7.86. The van der Waals surface area contributed by atoms with Gasteiger partial charge in [0.25, 0.3) is 5.91 Å². The van der Waals surface area contributed by atoms with Gasteiger partial charge in [-0.2, -0.15) is 0 Å². The molecule has 0 saturated carbocycles. The molecule has 2 nitrogen and oxygen atoms in total. The highest BCUT2D eigenvalue weighted by atomic mass is 79.9. The third kappa shape index (κ3) is 3.63. The molecule has 0 atom stereocenters. The summed E-state index contributed by atoms with van der Waals surface area (Å²) in [5.41, 5.74) is 2.04. The van der Waals surface area contributed by atoms with Crippen molar-refractivity contribution in [3.05, 3.63) is 35.4 Å². The van der Waals surface area contributed by atoms with Crippen molar-refractivity contribution in [1.29, 1.82) is 0 Å². The lowest BCUT2D eigenvalue weighted by atomic mass is 10.1. The Morgan fingerprint density at radius 2 is 1.94 bits per heavy atom. The van der Waals surface area contributed by atoms with Crippen molar-refractivity contribution < 1.29 is 4.79 Å². The molecule has 0 N–H and O–H groups in total. The number of amides is 1. The fourth-order valence-electron chi connectivity index (χ4n) is 1.50. The van der Waals surface area contributed by atoms with Crippen molar-refractivity contribution >= 4 is 21.8 Å². The van der Waals surface area contributed by atoms with Gasteiger partial charge in [0, 0.05) is 24.5 Å². The maximum Gasteiger partial charge on any atom is 0.253 e. The first kappa shape index (κ1) is 13.2. The molecule has 0 saturated heterocycles. The molecule has 1 aromatic rings. The summed E-state index contributed by atoms with van der Waals surface area (Å²) in [4.78, 5) is 13.7. The normalized spacial score (nSPS) is 10.2. The van der Waals surface area contributed by atoms with Gasteiger partial charge in [-0.3, -0.25) is 4.79 Å². The highest BCUT2D eigenvalue weighted by Gasteiger charge is 2.10. The van der Waals surface area contributed by atoms with Crippen LogP contribution in [0.15, 0.2) is 24.3 Å². The van der Waals surface area contributed by atoms with E-state index in [2.05, 4.69) is 22.9 Å². The maximum atomic E-state index is 12.0. The Morgan fingerprint density at radius 3 is 2.44 bits per heavy atom. The van der Waals surface area contributed by atoms with Crippen LogP contribution in [0.3, 0.4) is 0 Å². The number of rotatable bonds is 5. The van der Waals surface area contributed by atoms with Gasteiger partial charge in [-0.15, -0.1) is 0 Å². The quantitative estimate of drug-likeness (QED) is 0.761. The van der Waals surface area contributed by atoms with E-state index in [4.69, 9.17) is 0 Å². The van der Waals surface area contributed by atoms with Gasteiger partial charge >= 0.3 is 0 Å². The topological polar surface area (TPSA) is 20.3 Å². The average molecular weight is 284 g/mol. The Bertz CT molecular complexity index is 334. The first-order valence-electron chi connectivity index (χ1n) is 5.59. The van der Waals surface area contributed by atoms with Crippen LogP contribution in [0.25, 0.3) is 0 Å². The molecule has 1 rings (SSSR count).